The topological polar surface area (TPSA) is 83.8 Å². The van der Waals surface area contributed by atoms with E-state index >= 15 is 0 Å². The lowest BCUT2D eigenvalue weighted by Crippen LogP contribution is -2.36. The largest absolute Gasteiger partial charge is 0.348 e. The Kier molecular flexibility index (Phi) is 4.12. The molecule has 0 aliphatic rings. The lowest BCUT2D eigenvalue weighted by molar-refractivity contribution is 0.0929. The van der Waals surface area contributed by atoms with Gasteiger partial charge in [0.1, 0.15) is 5.69 Å². The number of H-pyrrole nitrogens is 1. The molecule has 0 aromatic carbocycles. The Bertz CT molecular complexity index is 270. The van der Waals surface area contributed by atoms with Crippen molar-refractivity contribution in [2.24, 2.45) is 5.73 Å². The van der Waals surface area contributed by atoms with Gasteiger partial charge in [0.25, 0.3) is 5.91 Å². The van der Waals surface area contributed by atoms with Crippen molar-refractivity contribution in [3.05, 3.63) is 18.0 Å². The van der Waals surface area contributed by atoms with Crippen LogP contribution >= 0.6 is 0 Å². The molecule has 0 aliphatic carbocycles. The van der Waals surface area contributed by atoms with Crippen LogP contribution in [0.4, 0.5) is 0 Å². The van der Waals surface area contributed by atoms with Crippen molar-refractivity contribution in [2.75, 3.05) is 6.54 Å². The number of carbonyl (C=O) groups is 1. The third-order valence-electron chi connectivity index (χ3n) is 2.09. The molecule has 0 radical (unpaired) electrons. The number of carbonyl (C=O) groups excluding carboxylic acids is 1. The standard InChI is InChI=1S/C9H16N4O/c1-2-7(3-5-10)12-9(14)8-4-6-11-13-8/h4,6-7H,2-3,5,10H2,1H3,(H,11,13)(H,12,14). The van der Waals surface area contributed by atoms with Gasteiger partial charge in [-0.05, 0) is 25.5 Å². The van der Waals surface area contributed by atoms with E-state index in [9.17, 15) is 4.79 Å². The van der Waals surface area contributed by atoms with Gasteiger partial charge in [-0.3, -0.25) is 9.89 Å². The van der Waals surface area contributed by atoms with Crippen LogP contribution < -0.4 is 11.1 Å². The number of aromatic nitrogens is 2. The van der Waals surface area contributed by atoms with E-state index < -0.39 is 0 Å². The van der Waals surface area contributed by atoms with Gasteiger partial charge >= 0.3 is 0 Å². The molecule has 5 heteroatoms. The van der Waals surface area contributed by atoms with Gasteiger partial charge in [0.15, 0.2) is 0 Å². The molecule has 1 rings (SSSR count). The first kappa shape index (κ1) is 10.7. The van der Waals surface area contributed by atoms with Gasteiger partial charge in [-0.25, -0.2) is 0 Å². The first-order valence-corrected chi connectivity index (χ1v) is 4.78. The summed E-state index contributed by atoms with van der Waals surface area (Å²) < 4.78 is 0. The van der Waals surface area contributed by atoms with Crippen LogP contribution in [-0.2, 0) is 0 Å². The molecule has 0 saturated carbocycles. The van der Waals surface area contributed by atoms with E-state index in [0.29, 0.717) is 12.2 Å². The Morgan fingerprint density at radius 2 is 2.57 bits per heavy atom. The Hall–Kier alpha value is -1.36. The van der Waals surface area contributed by atoms with Crippen LogP contribution in [0.1, 0.15) is 30.3 Å². The second kappa shape index (κ2) is 5.39. The molecule has 1 amide bonds. The van der Waals surface area contributed by atoms with Crippen molar-refractivity contribution in [1.29, 1.82) is 0 Å². The minimum Gasteiger partial charge on any atom is -0.348 e. The number of hydrogen-bond donors (Lipinski definition) is 3. The summed E-state index contributed by atoms with van der Waals surface area (Å²) in [5, 5.41) is 9.21. The summed E-state index contributed by atoms with van der Waals surface area (Å²) >= 11 is 0. The monoisotopic (exact) mass is 196 g/mol. The molecule has 1 heterocycles. The summed E-state index contributed by atoms with van der Waals surface area (Å²) in [6.45, 7) is 2.61. The molecule has 1 aromatic heterocycles. The second-order valence-electron chi connectivity index (χ2n) is 3.13. The molecule has 1 aromatic rings. The molecule has 0 fully saturated rings. The van der Waals surface area contributed by atoms with Crippen LogP contribution in [0.2, 0.25) is 0 Å². The number of aromatic amines is 1. The summed E-state index contributed by atoms with van der Waals surface area (Å²) in [6.07, 6.45) is 3.24. The quantitative estimate of drug-likeness (QED) is 0.632. The van der Waals surface area contributed by atoms with E-state index in [4.69, 9.17) is 5.73 Å². The Labute approximate surface area is 83.1 Å². The highest BCUT2D eigenvalue weighted by atomic mass is 16.2. The zero-order valence-corrected chi connectivity index (χ0v) is 8.29. The number of rotatable bonds is 5. The van der Waals surface area contributed by atoms with E-state index in [2.05, 4.69) is 15.5 Å². The van der Waals surface area contributed by atoms with Crippen molar-refractivity contribution in [1.82, 2.24) is 15.5 Å². The average molecular weight is 196 g/mol. The smallest absolute Gasteiger partial charge is 0.269 e. The van der Waals surface area contributed by atoms with Gasteiger partial charge in [0.05, 0.1) is 0 Å². The summed E-state index contributed by atoms with van der Waals surface area (Å²) in [6, 6.07) is 1.79. The lowest BCUT2D eigenvalue weighted by Gasteiger charge is -2.14. The van der Waals surface area contributed by atoms with Gasteiger partial charge in [-0.15, -0.1) is 0 Å². The Morgan fingerprint density at radius 1 is 1.79 bits per heavy atom. The Morgan fingerprint density at radius 3 is 3.07 bits per heavy atom. The Balaban J connectivity index is 2.47. The highest BCUT2D eigenvalue weighted by Crippen LogP contribution is 1.98. The van der Waals surface area contributed by atoms with Crippen LogP contribution in [0.15, 0.2) is 12.3 Å². The predicted molar refractivity (Wildman–Crippen MR) is 53.8 cm³/mol. The molecule has 1 unspecified atom stereocenters. The molecule has 5 nitrogen and oxygen atoms in total. The molecular formula is C9H16N4O. The molecule has 78 valence electrons. The van der Waals surface area contributed by atoms with Crippen LogP contribution in [0.5, 0.6) is 0 Å². The molecule has 4 N–H and O–H groups in total. The van der Waals surface area contributed by atoms with Crippen LogP contribution in [-0.4, -0.2) is 28.7 Å². The van der Waals surface area contributed by atoms with E-state index in [1.54, 1.807) is 12.3 Å². The van der Waals surface area contributed by atoms with Gasteiger partial charge in [0, 0.05) is 12.2 Å². The predicted octanol–water partition coefficient (Wildman–Crippen LogP) is 0.267. The fourth-order valence-electron chi connectivity index (χ4n) is 1.23. The molecule has 14 heavy (non-hydrogen) atoms. The van der Waals surface area contributed by atoms with Crippen LogP contribution in [0.25, 0.3) is 0 Å². The van der Waals surface area contributed by atoms with Crippen LogP contribution in [0.3, 0.4) is 0 Å². The molecule has 0 spiro atoms. The second-order valence-corrected chi connectivity index (χ2v) is 3.13. The van der Waals surface area contributed by atoms with E-state index in [-0.39, 0.29) is 11.9 Å². The van der Waals surface area contributed by atoms with Gasteiger partial charge in [-0.1, -0.05) is 6.92 Å². The highest BCUT2D eigenvalue weighted by molar-refractivity contribution is 5.92. The van der Waals surface area contributed by atoms with E-state index in [1.165, 1.54) is 0 Å². The summed E-state index contributed by atoms with van der Waals surface area (Å²) in [7, 11) is 0. The van der Waals surface area contributed by atoms with E-state index in [0.717, 1.165) is 12.8 Å². The van der Waals surface area contributed by atoms with Crippen molar-refractivity contribution in [3.63, 3.8) is 0 Å². The first-order valence-electron chi connectivity index (χ1n) is 4.78. The number of nitrogens with zero attached hydrogens (tertiary/aromatic N) is 1. The normalized spacial score (nSPS) is 12.4. The third kappa shape index (κ3) is 2.85. The van der Waals surface area contributed by atoms with Crippen molar-refractivity contribution in [2.45, 2.75) is 25.8 Å². The number of nitrogens with one attached hydrogen (secondary N) is 2. The third-order valence-corrected chi connectivity index (χ3v) is 2.09. The molecular weight excluding hydrogens is 180 g/mol. The minimum atomic E-state index is -0.122. The minimum absolute atomic E-state index is 0.122. The summed E-state index contributed by atoms with van der Waals surface area (Å²) in [4.78, 5) is 11.5. The maximum Gasteiger partial charge on any atom is 0.269 e. The zero-order chi connectivity index (χ0) is 10.4. The molecule has 0 aliphatic heterocycles. The van der Waals surface area contributed by atoms with Gasteiger partial charge < -0.3 is 11.1 Å². The zero-order valence-electron chi connectivity index (χ0n) is 8.29. The molecule has 0 saturated heterocycles. The van der Waals surface area contributed by atoms with Gasteiger partial charge in [0.2, 0.25) is 0 Å². The number of nitrogens with two attached hydrogens (primary N) is 1. The van der Waals surface area contributed by atoms with Crippen molar-refractivity contribution < 1.29 is 4.79 Å². The lowest BCUT2D eigenvalue weighted by atomic mass is 10.1. The van der Waals surface area contributed by atoms with Crippen molar-refractivity contribution in [3.8, 4) is 0 Å². The summed E-state index contributed by atoms with van der Waals surface area (Å²) in [5.74, 6) is -0.122. The number of amides is 1. The molecule has 0 bridgehead atoms. The molecule has 1 atom stereocenters. The van der Waals surface area contributed by atoms with E-state index in [1.807, 2.05) is 6.92 Å². The first-order chi connectivity index (χ1) is 6.77. The number of hydrogen-bond acceptors (Lipinski definition) is 3. The maximum atomic E-state index is 11.5. The maximum absolute atomic E-state index is 11.5. The highest BCUT2D eigenvalue weighted by Gasteiger charge is 2.11. The summed E-state index contributed by atoms with van der Waals surface area (Å²) in [5.41, 5.74) is 5.91. The van der Waals surface area contributed by atoms with Gasteiger partial charge in [-0.2, -0.15) is 5.10 Å². The fraction of sp³-hybridized carbons (Fsp3) is 0.556. The average Bonchev–Trinajstić information content (AvgIpc) is 2.69. The SMILES string of the molecule is CCC(CCN)NC(=O)c1ccn[nH]1. The fourth-order valence-corrected chi connectivity index (χ4v) is 1.23. The van der Waals surface area contributed by atoms with Crippen molar-refractivity contribution >= 4 is 5.91 Å². The van der Waals surface area contributed by atoms with Crippen LogP contribution in [0, 0.1) is 0 Å².